The van der Waals surface area contributed by atoms with Crippen LogP contribution in [0.3, 0.4) is 0 Å². The van der Waals surface area contributed by atoms with Crippen LogP contribution in [0.5, 0.6) is 11.5 Å². The first-order valence-electron chi connectivity index (χ1n) is 6.93. The summed E-state index contributed by atoms with van der Waals surface area (Å²) in [5.41, 5.74) is 0.286. The molecule has 1 heterocycles. The van der Waals surface area contributed by atoms with Crippen LogP contribution in [0.15, 0.2) is 48.5 Å². The Morgan fingerprint density at radius 2 is 1.40 bits per heavy atom. The van der Waals surface area contributed by atoms with Gasteiger partial charge >= 0.3 is 13.2 Å². The highest BCUT2D eigenvalue weighted by molar-refractivity contribution is 5.66. The number of hydrogen-bond donors (Lipinski definition) is 0. The van der Waals surface area contributed by atoms with E-state index in [0.29, 0.717) is 0 Å². The van der Waals surface area contributed by atoms with Gasteiger partial charge in [-0.05, 0) is 34.7 Å². The fraction of sp³-hybridized carbons (Fsp3) is 0.133. The number of aromatic nitrogens is 4. The Bertz CT molecular complexity index is 789. The van der Waals surface area contributed by atoms with Gasteiger partial charge in [0.05, 0.1) is 5.56 Å². The van der Waals surface area contributed by atoms with Gasteiger partial charge in [-0.1, -0.05) is 24.3 Å². The van der Waals surface area contributed by atoms with E-state index in [1.165, 1.54) is 36.4 Å². The van der Waals surface area contributed by atoms with E-state index in [0.717, 1.165) is 4.68 Å². The summed E-state index contributed by atoms with van der Waals surface area (Å²) in [6.45, 7) is -6.09. The molecule has 0 spiro atoms. The molecule has 3 aromatic rings. The Balaban J connectivity index is 2.09. The Morgan fingerprint density at radius 3 is 2.12 bits per heavy atom. The summed E-state index contributed by atoms with van der Waals surface area (Å²) in [7, 11) is 0. The van der Waals surface area contributed by atoms with E-state index < -0.39 is 13.2 Å². The molecule has 0 aliphatic rings. The van der Waals surface area contributed by atoms with Gasteiger partial charge < -0.3 is 9.47 Å². The lowest BCUT2D eigenvalue weighted by Crippen LogP contribution is -2.08. The summed E-state index contributed by atoms with van der Waals surface area (Å²) in [5.74, 6) is -0.291. The molecule has 0 atom stereocenters. The second-order valence-electron chi connectivity index (χ2n) is 4.64. The molecule has 10 heteroatoms. The molecule has 2 aromatic carbocycles. The number of halogens is 4. The van der Waals surface area contributed by atoms with E-state index in [-0.39, 0.29) is 28.6 Å². The average Bonchev–Trinajstić information content (AvgIpc) is 3.04. The van der Waals surface area contributed by atoms with Crippen molar-refractivity contribution in [3.05, 3.63) is 48.5 Å². The molecule has 1 aromatic heterocycles. The molecule has 25 heavy (non-hydrogen) atoms. The van der Waals surface area contributed by atoms with Crippen LogP contribution in [0.25, 0.3) is 17.1 Å². The molecule has 0 unspecified atom stereocenters. The first-order chi connectivity index (χ1) is 12.1. The van der Waals surface area contributed by atoms with Gasteiger partial charge in [0.15, 0.2) is 11.6 Å². The third-order valence-corrected chi connectivity index (χ3v) is 3.12. The van der Waals surface area contributed by atoms with Crippen molar-refractivity contribution in [1.29, 1.82) is 0 Å². The minimum Gasteiger partial charge on any atom is -0.434 e. The quantitative estimate of drug-likeness (QED) is 0.634. The molecule has 0 amide bonds. The molecule has 0 N–H and O–H groups in total. The second-order valence-corrected chi connectivity index (χ2v) is 4.64. The average molecular weight is 354 g/mol. The summed E-state index contributed by atoms with van der Waals surface area (Å²) in [6, 6.07) is 11.7. The highest BCUT2D eigenvalue weighted by Crippen LogP contribution is 2.32. The zero-order valence-electron chi connectivity index (χ0n) is 12.4. The molecule has 0 fully saturated rings. The lowest BCUT2D eigenvalue weighted by molar-refractivity contribution is -0.0505. The summed E-state index contributed by atoms with van der Waals surface area (Å²) in [4.78, 5) is 0. The minimum atomic E-state index is -3.05. The van der Waals surface area contributed by atoms with Gasteiger partial charge in [0.2, 0.25) is 0 Å². The second kappa shape index (κ2) is 7.16. The minimum absolute atomic E-state index is 0.0292. The summed E-state index contributed by atoms with van der Waals surface area (Å²) < 4.78 is 60.4. The van der Waals surface area contributed by atoms with Crippen LogP contribution >= 0.6 is 0 Å². The third-order valence-electron chi connectivity index (χ3n) is 3.12. The number of ether oxygens (including phenoxy) is 2. The van der Waals surface area contributed by atoms with E-state index in [1.54, 1.807) is 12.1 Å². The lowest BCUT2D eigenvalue weighted by atomic mass is 10.2. The largest absolute Gasteiger partial charge is 0.434 e. The third kappa shape index (κ3) is 3.67. The van der Waals surface area contributed by atoms with Gasteiger partial charge in [0, 0.05) is 0 Å². The van der Waals surface area contributed by atoms with Crippen molar-refractivity contribution in [2.75, 3.05) is 0 Å². The van der Waals surface area contributed by atoms with Crippen LogP contribution < -0.4 is 9.47 Å². The molecule has 0 aliphatic carbocycles. The topological polar surface area (TPSA) is 62.1 Å². The van der Waals surface area contributed by atoms with Gasteiger partial charge in [-0.15, -0.1) is 5.10 Å². The number of alkyl halides is 4. The normalized spacial score (nSPS) is 11.1. The maximum atomic E-state index is 12.6. The molecular weight excluding hydrogens is 344 g/mol. The summed E-state index contributed by atoms with van der Waals surface area (Å²) in [6.07, 6.45) is 0. The summed E-state index contributed by atoms with van der Waals surface area (Å²) in [5, 5.41) is 11.0. The van der Waals surface area contributed by atoms with Gasteiger partial charge in [-0.3, -0.25) is 0 Å². The maximum Gasteiger partial charge on any atom is 0.387 e. The van der Waals surface area contributed by atoms with Crippen molar-refractivity contribution in [3.8, 4) is 28.6 Å². The number of tetrazole rings is 1. The monoisotopic (exact) mass is 354 g/mol. The molecule has 0 saturated carbocycles. The van der Waals surface area contributed by atoms with Gasteiger partial charge in [-0.25, -0.2) is 0 Å². The molecule has 0 bridgehead atoms. The zero-order valence-corrected chi connectivity index (χ0v) is 12.4. The van der Waals surface area contributed by atoms with Crippen LogP contribution in [-0.4, -0.2) is 33.4 Å². The number of para-hydroxylation sites is 3. The lowest BCUT2D eigenvalue weighted by Gasteiger charge is -2.13. The highest BCUT2D eigenvalue weighted by atomic mass is 19.3. The first kappa shape index (κ1) is 16.7. The Kier molecular flexibility index (Phi) is 4.78. The first-order valence-corrected chi connectivity index (χ1v) is 6.93. The number of rotatable bonds is 6. The molecule has 6 nitrogen and oxygen atoms in total. The smallest absolute Gasteiger partial charge is 0.387 e. The van der Waals surface area contributed by atoms with Crippen LogP contribution in [-0.2, 0) is 0 Å². The van der Waals surface area contributed by atoms with Gasteiger partial charge in [-0.2, -0.15) is 22.2 Å². The van der Waals surface area contributed by atoms with E-state index >= 15 is 0 Å². The van der Waals surface area contributed by atoms with E-state index in [2.05, 4.69) is 25.0 Å². The molecule has 130 valence electrons. The SMILES string of the molecule is FC(F)Oc1ccccc1-c1nnnn1-c1ccccc1OC(F)F. The van der Waals surface area contributed by atoms with Crippen LogP contribution in [0.4, 0.5) is 17.6 Å². The zero-order chi connectivity index (χ0) is 17.8. The predicted molar refractivity (Wildman–Crippen MR) is 77.9 cm³/mol. The Morgan fingerprint density at radius 1 is 0.800 bits per heavy atom. The van der Waals surface area contributed by atoms with E-state index in [1.807, 2.05) is 0 Å². The Hall–Kier alpha value is -3.17. The van der Waals surface area contributed by atoms with Crippen molar-refractivity contribution < 1.29 is 27.0 Å². The standard InChI is InChI=1S/C15H10F4N4O2/c16-14(17)24-11-7-3-1-5-9(11)13-20-21-22-23(13)10-6-2-4-8-12(10)25-15(18)19/h1-8,14-15H. The summed E-state index contributed by atoms with van der Waals surface area (Å²) >= 11 is 0. The Labute approximate surface area is 138 Å². The van der Waals surface area contributed by atoms with Crippen molar-refractivity contribution in [3.63, 3.8) is 0 Å². The van der Waals surface area contributed by atoms with Crippen molar-refractivity contribution in [1.82, 2.24) is 20.2 Å². The van der Waals surface area contributed by atoms with E-state index in [9.17, 15) is 17.6 Å². The van der Waals surface area contributed by atoms with Crippen molar-refractivity contribution >= 4 is 0 Å². The number of hydrogen-bond acceptors (Lipinski definition) is 5. The van der Waals surface area contributed by atoms with Gasteiger partial charge in [0.25, 0.3) is 0 Å². The van der Waals surface area contributed by atoms with Gasteiger partial charge in [0.1, 0.15) is 11.4 Å². The molecule has 0 radical (unpaired) electrons. The number of benzene rings is 2. The van der Waals surface area contributed by atoms with Crippen LogP contribution in [0, 0.1) is 0 Å². The predicted octanol–water partition coefficient (Wildman–Crippen LogP) is 3.53. The number of nitrogens with zero attached hydrogens (tertiary/aromatic N) is 4. The molecule has 0 aliphatic heterocycles. The van der Waals surface area contributed by atoms with Crippen molar-refractivity contribution in [2.45, 2.75) is 13.2 Å². The molecular formula is C15H10F4N4O2. The fourth-order valence-electron chi connectivity index (χ4n) is 2.20. The molecule has 3 rings (SSSR count). The molecule has 0 saturated heterocycles. The van der Waals surface area contributed by atoms with Crippen LogP contribution in [0.2, 0.25) is 0 Å². The maximum absolute atomic E-state index is 12.6. The fourth-order valence-corrected chi connectivity index (χ4v) is 2.20. The van der Waals surface area contributed by atoms with Crippen molar-refractivity contribution in [2.24, 2.45) is 0 Å². The van der Waals surface area contributed by atoms with E-state index in [4.69, 9.17) is 0 Å². The van der Waals surface area contributed by atoms with Crippen LogP contribution in [0.1, 0.15) is 0 Å². The highest BCUT2D eigenvalue weighted by Gasteiger charge is 2.20.